The molecule has 1 aromatic rings. The van der Waals surface area contributed by atoms with Crippen molar-refractivity contribution in [3.63, 3.8) is 0 Å². The molecule has 0 unspecified atom stereocenters. The van der Waals surface area contributed by atoms with E-state index in [1.165, 1.54) is 12.8 Å². The van der Waals surface area contributed by atoms with Crippen LogP contribution in [0, 0.1) is 0 Å². The maximum Gasteiger partial charge on any atom is 0.299 e. The SMILES string of the molecule is O=C1C(=O)N(CCN2CCCC2)c2ccccc21. The van der Waals surface area contributed by atoms with Crippen LogP contribution in [0.4, 0.5) is 5.69 Å². The summed E-state index contributed by atoms with van der Waals surface area (Å²) in [5.41, 5.74) is 1.32. The van der Waals surface area contributed by atoms with Crippen LogP contribution in [0.5, 0.6) is 0 Å². The number of amides is 1. The Morgan fingerprint density at radius 2 is 1.72 bits per heavy atom. The molecule has 0 bridgehead atoms. The van der Waals surface area contributed by atoms with Gasteiger partial charge in [0, 0.05) is 13.1 Å². The van der Waals surface area contributed by atoms with Gasteiger partial charge in [0.25, 0.3) is 11.7 Å². The number of rotatable bonds is 3. The molecule has 1 saturated heterocycles. The molecule has 18 heavy (non-hydrogen) atoms. The third-order valence-corrected chi connectivity index (χ3v) is 3.72. The molecule has 0 atom stereocenters. The first-order chi connectivity index (χ1) is 8.77. The Hall–Kier alpha value is -1.68. The second-order valence-electron chi connectivity index (χ2n) is 4.85. The van der Waals surface area contributed by atoms with Crippen molar-refractivity contribution in [2.45, 2.75) is 12.8 Å². The molecule has 1 fully saturated rings. The maximum atomic E-state index is 11.9. The summed E-state index contributed by atoms with van der Waals surface area (Å²) in [7, 11) is 0. The van der Waals surface area contributed by atoms with Crippen LogP contribution < -0.4 is 4.90 Å². The highest BCUT2D eigenvalue weighted by Gasteiger charge is 2.35. The van der Waals surface area contributed by atoms with E-state index in [4.69, 9.17) is 0 Å². The van der Waals surface area contributed by atoms with Crippen molar-refractivity contribution >= 4 is 17.4 Å². The zero-order chi connectivity index (χ0) is 12.5. The Kier molecular flexibility index (Phi) is 2.88. The smallest absolute Gasteiger partial charge is 0.299 e. The average molecular weight is 244 g/mol. The summed E-state index contributed by atoms with van der Waals surface area (Å²) in [5, 5.41) is 0. The minimum absolute atomic E-state index is 0.368. The zero-order valence-corrected chi connectivity index (χ0v) is 10.3. The fourth-order valence-corrected chi connectivity index (χ4v) is 2.72. The quantitative estimate of drug-likeness (QED) is 0.753. The maximum absolute atomic E-state index is 11.9. The van der Waals surface area contributed by atoms with Gasteiger partial charge in [-0.2, -0.15) is 0 Å². The van der Waals surface area contributed by atoms with E-state index in [2.05, 4.69) is 4.90 Å². The summed E-state index contributed by atoms with van der Waals surface area (Å²) in [5.74, 6) is -0.748. The number of nitrogens with zero attached hydrogens (tertiary/aromatic N) is 2. The van der Waals surface area contributed by atoms with Gasteiger partial charge in [-0.25, -0.2) is 0 Å². The number of carbonyl (C=O) groups is 2. The molecule has 1 aromatic carbocycles. The second kappa shape index (κ2) is 4.53. The highest BCUT2D eigenvalue weighted by atomic mass is 16.2. The normalized spacial score (nSPS) is 19.7. The number of para-hydroxylation sites is 1. The van der Waals surface area contributed by atoms with Crippen molar-refractivity contribution < 1.29 is 9.59 Å². The number of carbonyl (C=O) groups excluding carboxylic acids is 2. The molecule has 2 aliphatic rings. The van der Waals surface area contributed by atoms with Gasteiger partial charge < -0.3 is 9.80 Å². The molecule has 3 rings (SSSR count). The highest BCUT2D eigenvalue weighted by molar-refractivity contribution is 6.52. The topological polar surface area (TPSA) is 40.6 Å². The van der Waals surface area contributed by atoms with Crippen molar-refractivity contribution in [3.05, 3.63) is 29.8 Å². The van der Waals surface area contributed by atoms with Crippen molar-refractivity contribution in [2.24, 2.45) is 0 Å². The summed E-state index contributed by atoms with van der Waals surface area (Å²) in [6.07, 6.45) is 2.48. The van der Waals surface area contributed by atoms with E-state index in [1.54, 1.807) is 17.0 Å². The Morgan fingerprint density at radius 3 is 2.50 bits per heavy atom. The third kappa shape index (κ3) is 1.82. The molecule has 0 spiro atoms. The lowest BCUT2D eigenvalue weighted by atomic mass is 10.1. The van der Waals surface area contributed by atoms with Gasteiger partial charge in [0.1, 0.15) is 0 Å². The largest absolute Gasteiger partial charge is 0.303 e. The first kappa shape index (κ1) is 11.4. The zero-order valence-electron chi connectivity index (χ0n) is 10.3. The van der Waals surface area contributed by atoms with Crippen molar-refractivity contribution in [1.29, 1.82) is 0 Å². The van der Waals surface area contributed by atoms with Gasteiger partial charge in [0.15, 0.2) is 0 Å². The monoisotopic (exact) mass is 244 g/mol. The standard InChI is InChI=1S/C14H16N2O2/c17-13-11-5-1-2-6-12(11)16(14(13)18)10-9-15-7-3-4-8-15/h1-2,5-6H,3-4,7-10H2. The van der Waals surface area contributed by atoms with Gasteiger partial charge in [0.2, 0.25) is 0 Å². The minimum atomic E-state index is -0.379. The van der Waals surface area contributed by atoms with Gasteiger partial charge in [-0.1, -0.05) is 12.1 Å². The van der Waals surface area contributed by atoms with Crippen LogP contribution >= 0.6 is 0 Å². The van der Waals surface area contributed by atoms with E-state index in [-0.39, 0.29) is 11.7 Å². The predicted molar refractivity (Wildman–Crippen MR) is 68.8 cm³/mol. The van der Waals surface area contributed by atoms with E-state index >= 15 is 0 Å². The molecule has 4 heteroatoms. The Bertz CT molecular complexity index is 492. The molecule has 0 aromatic heterocycles. The van der Waals surface area contributed by atoms with Crippen LogP contribution in [0.15, 0.2) is 24.3 Å². The van der Waals surface area contributed by atoms with E-state index < -0.39 is 0 Å². The minimum Gasteiger partial charge on any atom is -0.303 e. The van der Waals surface area contributed by atoms with Gasteiger partial charge in [-0.05, 0) is 38.1 Å². The van der Waals surface area contributed by atoms with Crippen LogP contribution in [0.3, 0.4) is 0 Å². The molecule has 0 aliphatic carbocycles. The van der Waals surface area contributed by atoms with Crippen LogP contribution in [0.1, 0.15) is 23.2 Å². The van der Waals surface area contributed by atoms with Gasteiger partial charge >= 0.3 is 0 Å². The highest BCUT2D eigenvalue weighted by Crippen LogP contribution is 2.28. The summed E-state index contributed by atoms with van der Waals surface area (Å²) < 4.78 is 0. The summed E-state index contributed by atoms with van der Waals surface area (Å²) in [6, 6.07) is 7.25. The fraction of sp³-hybridized carbons (Fsp3) is 0.429. The predicted octanol–water partition coefficient (Wildman–Crippen LogP) is 1.31. The number of Topliss-reactive ketones (excluding diaryl/α,β-unsaturated/α-hetero) is 1. The summed E-state index contributed by atoms with van der Waals surface area (Å²) in [4.78, 5) is 27.7. The van der Waals surface area contributed by atoms with Crippen LogP contribution in [0.2, 0.25) is 0 Å². The molecular weight excluding hydrogens is 228 g/mol. The van der Waals surface area contributed by atoms with Crippen molar-refractivity contribution in [3.8, 4) is 0 Å². The third-order valence-electron chi connectivity index (χ3n) is 3.72. The number of likely N-dealkylation sites (tertiary alicyclic amines) is 1. The number of hydrogen-bond donors (Lipinski definition) is 0. The molecule has 1 amide bonds. The van der Waals surface area contributed by atoms with Crippen molar-refractivity contribution in [1.82, 2.24) is 4.90 Å². The number of hydrogen-bond acceptors (Lipinski definition) is 3. The fourth-order valence-electron chi connectivity index (χ4n) is 2.72. The van der Waals surface area contributed by atoms with E-state index in [1.807, 2.05) is 12.1 Å². The lowest BCUT2D eigenvalue weighted by Gasteiger charge is -2.21. The van der Waals surface area contributed by atoms with Crippen LogP contribution in [-0.2, 0) is 4.79 Å². The number of benzene rings is 1. The first-order valence-electron chi connectivity index (χ1n) is 6.45. The van der Waals surface area contributed by atoms with Crippen LogP contribution in [0.25, 0.3) is 0 Å². The number of anilines is 1. The summed E-state index contributed by atoms with van der Waals surface area (Å²) in [6.45, 7) is 3.68. The average Bonchev–Trinajstić information content (AvgIpc) is 2.98. The van der Waals surface area contributed by atoms with Crippen molar-refractivity contribution in [2.75, 3.05) is 31.1 Å². The van der Waals surface area contributed by atoms with Gasteiger partial charge in [-0.3, -0.25) is 9.59 Å². The van der Waals surface area contributed by atoms with E-state index in [9.17, 15) is 9.59 Å². The second-order valence-corrected chi connectivity index (χ2v) is 4.85. The molecular formula is C14H16N2O2. The van der Waals surface area contributed by atoms with E-state index in [0.29, 0.717) is 12.1 Å². The lowest BCUT2D eigenvalue weighted by molar-refractivity contribution is -0.114. The van der Waals surface area contributed by atoms with Gasteiger partial charge in [-0.15, -0.1) is 0 Å². The van der Waals surface area contributed by atoms with Gasteiger partial charge in [0.05, 0.1) is 11.3 Å². The van der Waals surface area contributed by atoms with E-state index in [0.717, 1.165) is 25.3 Å². The first-order valence-corrected chi connectivity index (χ1v) is 6.45. The number of ketones is 1. The molecule has 0 saturated carbocycles. The Balaban J connectivity index is 1.75. The Morgan fingerprint density at radius 1 is 1.00 bits per heavy atom. The molecule has 4 nitrogen and oxygen atoms in total. The lowest BCUT2D eigenvalue weighted by Crippen LogP contribution is -2.37. The number of fused-ring (bicyclic) bond motifs is 1. The van der Waals surface area contributed by atoms with Crippen LogP contribution in [-0.4, -0.2) is 42.8 Å². The molecule has 2 aliphatic heterocycles. The molecule has 2 heterocycles. The molecule has 0 radical (unpaired) electrons. The Labute approximate surface area is 106 Å². The molecule has 0 N–H and O–H groups in total. The molecule has 94 valence electrons. The summed E-state index contributed by atoms with van der Waals surface area (Å²) >= 11 is 0.